The van der Waals surface area contributed by atoms with Crippen molar-refractivity contribution in [2.75, 3.05) is 10.6 Å². The molecule has 0 saturated heterocycles. The Kier molecular flexibility index (Phi) is 3.61. The van der Waals surface area contributed by atoms with E-state index in [0.717, 1.165) is 33.0 Å². The molecule has 0 aliphatic carbocycles. The first-order valence-corrected chi connectivity index (χ1v) is 8.69. The average Bonchev–Trinajstić information content (AvgIpc) is 3.07. The van der Waals surface area contributed by atoms with Gasteiger partial charge >= 0.3 is 0 Å². The molecule has 5 aromatic rings. The first-order chi connectivity index (χ1) is 13.7. The maximum Gasteiger partial charge on any atom is 0.221 e. The molecular formula is C20H15N7O. The van der Waals surface area contributed by atoms with E-state index in [4.69, 9.17) is 4.98 Å². The molecule has 1 aromatic carbocycles. The lowest BCUT2D eigenvalue weighted by atomic mass is 10.1. The van der Waals surface area contributed by atoms with Crippen molar-refractivity contribution in [3.63, 3.8) is 0 Å². The van der Waals surface area contributed by atoms with Gasteiger partial charge in [0.15, 0.2) is 0 Å². The van der Waals surface area contributed by atoms with Crippen LogP contribution in [0.15, 0.2) is 61.3 Å². The summed E-state index contributed by atoms with van der Waals surface area (Å²) >= 11 is 0. The molecule has 0 fully saturated rings. The van der Waals surface area contributed by atoms with Crippen molar-refractivity contribution in [2.45, 2.75) is 6.92 Å². The standard InChI is InChI=1S/C20H15N7O/c1-12(28)23-13-3-2-4-14(9-13)24-20-16-10-21-7-5-15(16)18-19(25-20)17-6-8-22-11-27(17)26-18/h2-11H,1H3,(H,23,28)(H,24,25). The average molecular weight is 369 g/mol. The van der Waals surface area contributed by atoms with Crippen LogP contribution in [-0.2, 0) is 4.79 Å². The predicted molar refractivity (Wildman–Crippen MR) is 108 cm³/mol. The van der Waals surface area contributed by atoms with Gasteiger partial charge in [0.1, 0.15) is 23.2 Å². The molecule has 136 valence electrons. The van der Waals surface area contributed by atoms with Gasteiger partial charge in [-0.15, -0.1) is 0 Å². The van der Waals surface area contributed by atoms with Crippen molar-refractivity contribution in [3.8, 4) is 0 Å². The molecule has 8 nitrogen and oxygen atoms in total. The Labute approximate surface area is 159 Å². The van der Waals surface area contributed by atoms with Crippen molar-refractivity contribution in [2.24, 2.45) is 0 Å². The summed E-state index contributed by atoms with van der Waals surface area (Å²) in [5.41, 5.74) is 3.97. The van der Waals surface area contributed by atoms with Crippen LogP contribution in [0.4, 0.5) is 17.2 Å². The number of rotatable bonds is 3. The topological polar surface area (TPSA) is 97.1 Å². The molecule has 4 aromatic heterocycles. The number of amides is 1. The number of pyridine rings is 2. The highest BCUT2D eigenvalue weighted by molar-refractivity contribution is 6.12. The Hall–Kier alpha value is -4.07. The van der Waals surface area contributed by atoms with Gasteiger partial charge in [-0.1, -0.05) is 6.07 Å². The molecule has 4 heterocycles. The third-order valence-electron chi connectivity index (χ3n) is 4.42. The number of hydrogen-bond acceptors (Lipinski definition) is 6. The minimum absolute atomic E-state index is 0.119. The zero-order chi connectivity index (χ0) is 19.1. The van der Waals surface area contributed by atoms with Gasteiger partial charge in [-0.3, -0.25) is 9.78 Å². The number of hydrogen-bond donors (Lipinski definition) is 2. The van der Waals surface area contributed by atoms with Crippen molar-refractivity contribution >= 4 is 50.4 Å². The van der Waals surface area contributed by atoms with Crippen LogP contribution in [0.25, 0.3) is 27.3 Å². The first-order valence-electron chi connectivity index (χ1n) is 8.69. The number of fused-ring (bicyclic) bond motifs is 5. The second-order valence-electron chi connectivity index (χ2n) is 6.38. The minimum atomic E-state index is -0.119. The van der Waals surface area contributed by atoms with Gasteiger partial charge in [-0.05, 0) is 30.3 Å². The van der Waals surface area contributed by atoms with E-state index in [0.29, 0.717) is 11.5 Å². The molecule has 0 bridgehead atoms. The normalized spacial score (nSPS) is 11.2. The summed E-state index contributed by atoms with van der Waals surface area (Å²) in [6, 6.07) is 11.3. The van der Waals surface area contributed by atoms with Crippen molar-refractivity contribution in [1.82, 2.24) is 24.6 Å². The van der Waals surface area contributed by atoms with E-state index in [2.05, 4.69) is 25.7 Å². The van der Waals surface area contributed by atoms with Gasteiger partial charge in [0.25, 0.3) is 0 Å². The number of nitrogens with zero attached hydrogens (tertiary/aromatic N) is 5. The monoisotopic (exact) mass is 369 g/mol. The van der Waals surface area contributed by atoms with Crippen molar-refractivity contribution in [3.05, 3.63) is 61.3 Å². The highest BCUT2D eigenvalue weighted by atomic mass is 16.1. The smallest absolute Gasteiger partial charge is 0.221 e. The van der Waals surface area contributed by atoms with Gasteiger partial charge in [0.05, 0.1) is 5.52 Å². The van der Waals surface area contributed by atoms with Crippen LogP contribution in [0.2, 0.25) is 0 Å². The molecule has 0 saturated carbocycles. The quantitative estimate of drug-likeness (QED) is 0.505. The van der Waals surface area contributed by atoms with Crippen LogP contribution < -0.4 is 10.6 Å². The molecule has 0 unspecified atom stereocenters. The van der Waals surface area contributed by atoms with Crippen LogP contribution in [0.1, 0.15) is 6.92 Å². The van der Waals surface area contributed by atoms with Crippen LogP contribution in [-0.4, -0.2) is 30.5 Å². The van der Waals surface area contributed by atoms with E-state index >= 15 is 0 Å². The van der Waals surface area contributed by atoms with Gasteiger partial charge in [0.2, 0.25) is 5.91 Å². The van der Waals surface area contributed by atoms with Crippen molar-refractivity contribution < 1.29 is 4.79 Å². The van der Waals surface area contributed by atoms with Crippen molar-refractivity contribution in [1.29, 1.82) is 0 Å². The lowest BCUT2D eigenvalue weighted by molar-refractivity contribution is -0.114. The van der Waals surface area contributed by atoms with Gasteiger partial charge in [-0.25, -0.2) is 14.5 Å². The molecule has 0 atom stereocenters. The number of benzene rings is 1. The summed E-state index contributed by atoms with van der Waals surface area (Å²) in [6.45, 7) is 1.48. The van der Waals surface area contributed by atoms with Crippen LogP contribution in [0, 0.1) is 0 Å². The zero-order valence-electron chi connectivity index (χ0n) is 14.9. The third kappa shape index (κ3) is 2.67. The highest BCUT2D eigenvalue weighted by Gasteiger charge is 2.14. The fourth-order valence-electron chi connectivity index (χ4n) is 3.26. The molecule has 0 spiro atoms. The largest absolute Gasteiger partial charge is 0.340 e. The first kappa shape index (κ1) is 16.1. The number of nitrogens with one attached hydrogen (secondary N) is 2. The lowest BCUT2D eigenvalue weighted by Crippen LogP contribution is -2.06. The second-order valence-corrected chi connectivity index (χ2v) is 6.38. The van der Waals surface area contributed by atoms with Gasteiger partial charge < -0.3 is 10.6 Å². The number of carbonyl (C=O) groups is 1. The maximum absolute atomic E-state index is 11.3. The Morgan fingerprint density at radius 3 is 2.75 bits per heavy atom. The van der Waals surface area contributed by atoms with E-state index in [1.54, 1.807) is 29.4 Å². The second kappa shape index (κ2) is 6.27. The van der Waals surface area contributed by atoms with Crippen LogP contribution in [0.5, 0.6) is 0 Å². The zero-order valence-corrected chi connectivity index (χ0v) is 14.9. The van der Waals surface area contributed by atoms with E-state index in [1.807, 2.05) is 36.4 Å². The predicted octanol–water partition coefficient (Wildman–Crippen LogP) is 3.53. The summed E-state index contributed by atoms with van der Waals surface area (Å²) in [5.74, 6) is 0.550. The lowest BCUT2D eigenvalue weighted by Gasteiger charge is -2.11. The molecular weight excluding hydrogens is 354 g/mol. The van der Waals surface area contributed by atoms with E-state index in [9.17, 15) is 4.79 Å². The van der Waals surface area contributed by atoms with E-state index in [-0.39, 0.29) is 5.91 Å². The molecule has 2 N–H and O–H groups in total. The highest BCUT2D eigenvalue weighted by Crippen LogP contribution is 2.32. The Morgan fingerprint density at radius 1 is 1.00 bits per heavy atom. The maximum atomic E-state index is 11.3. The number of aromatic nitrogens is 5. The SMILES string of the molecule is CC(=O)Nc1cccc(Nc2nc3c(nn4cnccc34)c3ccncc23)c1. The number of carbonyl (C=O) groups excluding carboxylic acids is 1. The molecule has 28 heavy (non-hydrogen) atoms. The summed E-state index contributed by atoms with van der Waals surface area (Å²) in [7, 11) is 0. The third-order valence-corrected chi connectivity index (χ3v) is 4.42. The van der Waals surface area contributed by atoms with Gasteiger partial charge in [-0.2, -0.15) is 5.10 Å². The molecule has 0 aliphatic heterocycles. The van der Waals surface area contributed by atoms with Gasteiger partial charge in [0, 0.05) is 47.7 Å². The fourth-order valence-corrected chi connectivity index (χ4v) is 3.26. The fraction of sp³-hybridized carbons (Fsp3) is 0.0500. The summed E-state index contributed by atoms with van der Waals surface area (Å²) < 4.78 is 1.72. The molecule has 0 radical (unpaired) electrons. The minimum Gasteiger partial charge on any atom is -0.340 e. The summed E-state index contributed by atoms with van der Waals surface area (Å²) in [5, 5.41) is 12.6. The van der Waals surface area contributed by atoms with Crippen LogP contribution >= 0.6 is 0 Å². The number of anilines is 3. The van der Waals surface area contributed by atoms with E-state index in [1.165, 1.54) is 6.92 Å². The Balaban J connectivity index is 1.70. The van der Waals surface area contributed by atoms with Crippen LogP contribution in [0.3, 0.4) is 0 Å². The molecule has 8 heteroatoms. The summed E-state index contributed by atoms with van der Waals surface area (Å²) in [6.07, 6.45) is 6.89. The summed E-state index contributed by atoms with van der Waals surface area (Å²) in [4.78, 5) is 24.5. The van der Waals surface area contributed by atoms with E-state index < -0.39 is 0 Å². The Morgan fingerprint density at radius 2 is 1.86 bits per heavy atom. The molecule has 5 rings (SSSR count). The molecule has 1 amide bonds. The molecule has 0 aliphatic rings. The Bertz CT molecular complexity index is 1360.